The first-order chi connectivity index (χ1) is 5.68. The Morgan fingerprint density at radius 3 is 2.92 bits per heavy atom. The lowest BCUT2D eigenvalue weighted by Crippen LogP contribution is -2.06. The summed E-state index contributed by atoms with van der Waals surface area (Å²) in [5.41, 5.74) is 0.752. The Hall–Kier alpha value is -1.19. The lowest BCUT2D eigenvalue weighted by Gasteiger charge is -2.04. The predicted molar refractivity (Wildman–Crippen MR) is 40.5 cm³/mol. The van der Waals surface area contributed by atoms with E-state index in [1.54, 1.807) is 19.1 Å². The summed E-state index contributed by atoms with van der Waals surface area (Å²) in [6.45, 7) is 1.21. The Kier molecular flexibility index (Phi) is 2.96. The molecule has 66 valence electrons. The van der Waals surface area contributed by atoms with Crippen molar-refractivity contribution >= 4 is 0 Å². The zero-order valence-electron chi connectivity index (χ0n) is 6.63. The second-order valence-electron chi connectivity index (χ2n) is 2.34. The molecule has 0 aliphatic carbocycles. The monoisotopic (exact) mass is 173 g/mol. The summed E-state index contributed by atoms with van der Waals surface area (Å²) >= 11 is 0. The summed E-state index contributed by atoms with van der Waals surface area (Å²) in [6, 6.07) is 3.16. The van der Waals surface area contributed by atoms with Gasteiger partial charge in [-0.25, -0.2) is 8.78 Å². The van der Waals surface area contributed by atoms with Crippen LogP contribution in [0.25, 0.3) is 0 Å². The van der Waals surface area contributed by atoms with E-state index in [2.05, 4.69) is 4.98 Å². The Morgan fingerprint density at radius 2 is 2.33 bits per heavy atom. The van der Waals surface area contributed by atoms with Gasteiger partial charge in [0.25, 0.3) is 6.43 Å². The van der Waals surface area contributed by atoms with Crippen LogP contribution < -0.4 is 4.74 Å². The molecular weight excluding hydrogens is 164 g/mol. The Morgan fingerprint density at radius 1 is 1.58 bits per heavy atom. The molecule has 0 bridgehead atoms. The van der Waals surface area contributed by atoms with Gasteiger partial charge >= 0.3 is 0 Å². The van der Waals surface area contributed by atoms with Crippen LogP contribution in [0.1, 0.15) is 5.69 Å². The second kappa shape index (κ2) is 3.99. The third-order valence-electron chi connectivity index (χ3n) is 1.24. The topological polar surface area (TPSA) is 22.1 Å². The highest BCUT2D eigenvalue weighted by Crippen LogP contribution is 2.10. The van der Waals surface area contributed by atoms with Crippen LogP contribution in [-0.4, -0.2) is 18.0 Å². The van der Waals surface area contributed by atoms with Crippen molar-refractivity contribution in [3.63, 3.8) is 0 Å². The third-order valence-corrected chi connectivity index (χ3v) is 1.24. The zero-order valence-corrected chi connectivity index (χ0v) is 6.63. The fraction of sp³-hybridized carbons (Fsp3) is 0.375. The van der Waals surface area contributed by atoms with Crippen molar-refractivity contribution in [3.8, 4) is 5.75 Å². The van der Waals surface area contributed by atoms with E-state index in [-0.39, 0.29) is 0 Å². The molecule has 0 fully saturated rings. The fourth-order valence-corrected chi connectivity index (χ4v) is 0.769. The lowest BCUT2D eigenvalue weighted by molar-refractivity contribution is 0.0818. The number of rotatable bonds is 3. The lowest BCUT2D eigenvalue weighted by atomic mass is 10.4. The first kappa shape index (κ1) is 8.90. The molecular formula is C8H9F2NO. The average molecular weight is 173 g/mol. The van der Waals surface area contributed by atoms with E-state index in [0.717, 1.165) is 5.69 Å². The van der Waals surface area contributed by atoms with E-state index in [9.17, 15) is 8.78 Å². The van der Waals surface area contributed by atoms with Gasteiger partial charge in [0.1, 0.15) is 12.4 Å². The number of hydrogen-bond donors (Lipinski definition) is 0. The normalized spacial score (nSPS) is 10.3. The maximum atomic E-state index is 11.7. The molecule has 1 rings (SSSR count). The summed E-state index contributed by atoms with van der Waals surface area (Å²) in [7, 11) is 0. The van der Waals surface area contributed by atoms with Crippen LogP contribution in [0.2, 0.25) is 0 Å². The smallest absolute Gasteiger partial charge is 0.272 e. The summed E-state index contributed by atoms with van der Waals surface area (Å²) in [4.78, 5) is 3.90. The fourth-order valence-electron chi connectivity index (χ4n) is 0.769. The number of hydrogen-bond acceptors (Lipinski definition) is 2. The third kappa shape index (κ3) is 2.82. The minimum Gasteiger partial charge on any atom is -0.488 e. The van der Waals surface area contributed by atoms with Crippen LogP contribution in [0.3, 0.4) is 0 Å². The molecule has 1 aromatic heterocycles. The number of aromatic nitrogens is 1. The Balaban J connectivity index is 2.52. The molecule has 0 saturated carbocycles. The van der Waals surface area contributed by atoms with E-state index in [4.69, 9.17) is 4.74 Å². The SMILES string of the molecule is Cc1cc(OCC(F)F)ccn1. The van der Waals surface area contributed by atoms with Crippen LogP contribution >= 0.6 is 0 Å². The molecule has 0 aliphatic rings. The first-order valence-corrected chi connectivity index (χ1v) is 3.52. The molecule has 12 heavy (non-hydrogen) atoms. The molecule has 2 nitrogen and oxygen atoms in total. The number of ether oxygens (including phenoxy) is 1. The van der Waals surface area contributed by atoms with Crippen molar-refractivity contribution in [1.82, 2.24) is 4.98 Å². The quantitative estimate of drug-likeness (QED) is 0.697. The van der Waals surface area contributed by atoms with Crippen molar-refractivity contribution in [3.05, 3.63) is 24.0 Å². The largest absolute Gasteiger partial charge is 0.488 e. The van der Waals surface area contributed by atoms with Gasteiger partial charge in [-0.15, -0.1) is 0 Å². The standard InChI is InChI=1S/C8H9F2NO/c1-6-4-7(2-3-11-6)12-5-8(9)10/h2-4,8H,5H2,1H3. The molecule has 0 unspecified atom stereocenters. The van der Waals surface area contributed by atoms with Crippen molar-refractivity contribution < 1.29 is 13.5 Å². The number of alkyl halides is 2. The van der Waals surface area contributed by atoms with Gasteiger partial charge in [-0.1, -0.05) is 0 Å². The number of halogens is 2. The van der Waals surface area contributed by atoms with Crippen molar-refractivity contribution in [2.75, 3.05) is 6.61 Å². The highest BCUT2D eigenvalue weighted by Gasteiger charge is 2.02. The molecule has 0 spiro atoms. The van der Waals surface area contributed by atoms with Gasteiger partial charge in [0.15, 0.2) is 0 Å². The van der Waals surface area contributed by atoms with Gasteiger partial charge in [0.05, 0.1) is 0 Å². The van der Waals surface area contributed by atoms with Crippen LogP contribution in [-0.2, 0) is 0 Å². The van der Waals surface area contributed by atoms with Crippen LogP contribution in [0.5, 0.6) is 5.75 Å². The first-order valence-electron chi connectivity index (χ1n) is 3.52. The van der Waals surface area contributed by atoms with Crippen LogP contribution in [0.4, 0.5) is 8.78 Å². The number of nitrogens with zero attached hydrogens (tertiary/aromatic N) is 1. The van der Waals surface area contributed by atoms with Gasteiger partial charge in [-0.3, -0.25) is 4.98 Å². The highest BCUT2D eigenvalue weighted by molar-refractivity contribution is 5.21. The second-order valence-corrected chi connectivity index (χ2v) is 2.34. The summed E-state index contributed by atoms with van der Waals surface area (Å²) in [6.07, 6.45) is -0.908. The summed E-state index contributed by atoms with van der Waals surface area (Å²) in [5, 5.41) is 0. The number of aryl methyl sites for hydroxylation is 1. The zero-order chi connectivity index (χ0) is 8.97. The van der Waals surface area contributed by atoms with Gasteiger partial charge in [0.2, 0.25) is 0 Å². The van der Waals surface area contributed by atoms with Crippen LogP contribution in [0, 0.1) is 6.92 Å². The van der Waals surface area contributed by atoms with E-state index in [0.29, 0.717) is 5.75 Å². The molecule has 0 saturated heterocycles. The van der Waals surface area contributed by atoms with Gasteiger partial charge < -0.3 is 4.74 Å². The van der Waals surface area contributed by atoms with E-state index < -0.39 is 13.0 Å². The Labute approximate surface area is 69.2 Å². The van der Waals surface area contributed by atoms with Crippen molar-refractivity contribution in [1.29, 1.82) is 0 Å². The predicted octanol–water partition coefficient (Wildman–Crippen LogP) is 2.03. The molecule has 1 aromatic rings. The highest BCUT2D eigenvalue weighted by atomic mass is 19.3. The molecule has 0 N–H and O–H groups in total. The Bertz CT molecular complexity index is 253. The molecule has 0 amide bonds. The minimum atomic E-state index is -2.43. The average Bonchev–Trinajstić information content (AvgIpc) is 2.01. The minimum absolute atomic E-state index is 0.433. The molecule has 4 heteroatoms. The maximum absolute atomic E-state index is 11.7. The van der Waals surface area contributed by atoms with Gasteiger partial charge in [-0.05, 0) is 13.0 Å². The van der Waals surface area contributed by atoms with Gasteiger partial charge in [0, 0.05) is 18.0 Å². The molecule has 1 heterocycles. The van der Waals surface area contributed by atoms with Crippen molar-refractivity contribution in [2.24, 2.45) is 0 Å². The van der Waals surface area contributed by atoms with Gasteiger partial charge in [-0.2, -0.15) is 0 Å². The maximum Gasteiger partial charge on any atom is 0.272 e. The summed E-state index contributed by atoms with van der Waals surface area (Å²) < 4.78 is 28.1. The van der Waals surface area contributed by atoms with Crippen LogP contribution in [0.15, 0.2) is 18.3 Å². The molecule has 0 aliphatic heterocycles. The van der Waals surface area contributed by atoms with Crippen molar-refractivity contribution in [2.45, 2.75) is 13.3 Å². The summed E-state index contributed by atoms with van der Waals surface area (Å²) in [5.74, 6) is 0.433. The number of pyridine rings is 1. The molecule has 0 aromatic carbocycles. The molecule has 0 atom stereocenters. The van der Waals surface area contributed by atoms with E-state index >= 15 is 0 Å². The van der Waals surface area contributed by atoms with E-state index in [1.807, 2.05) is 0 Å². The van der Waals surface area contributed by atoms with E-state index in [1.165, 1.54) is 6.20 Å². The molecule has 0 radical (unpaired) electrons.